The first kappa shape index (κ1) is 130. The summed E-state index contributed by atoms with van der Waals surface area (Å²) in [7, 11) is -2.61. The number of allylic oxidation sites excluding steroid dienone is 2. The third-order valence-corrected chi connectivity index (χ3v) is 25.2. The van der Waals surface area contributed by atoms with E-state index in [-0.39, 0.29) is 185 Å². The van der Waals surface area contributed by atoms with Gasteiger partial charge in [0.05, 0.1) is 139 Å². The molecule has 0 aromatic carbocycles. The van der Waals surface area contributed by atoms with Gasteiger partial charge in [0.1, 0.15) is 17.5 Å². The van der Waals surface area contributed by atoms with Gasteiger partial charge >= 0.3 is 107 Å². The molecule has 0 bridgehead atoms. The SMILES string of the molecule is C.C.CC.CCCC.COC(=O)C1=CCCS(=O)(=O)C1.COC(=O)C1=CCCSC1.COC(=O)C1CCCS(=O)(=O)C1.COC(=O)C1CSCCC1=O.COC(=O)C1CSCCC1O.COC(=O)C1CSCCC1OS(C)(=O)=O.COC(=O)CCSCC(C)=O.C[O-].Cl.O.O=C(O)C1CCCS(=O)(=O)C1.[B].[H-].[HH].[Na+].[Na+]. The second-order valence-corrected chi connectivity index (χ2v) is 35.7. The molecule has 43 heteroatoms. The zero-order chi connectivity index (χ0) is 78.4. The van der Waals surface area contributed by atoms with E-state index in [1.807, 2.05) is 19.9 Å². The molecule has 0 saturated carbocycles. The van der Waals surface area contributed by atoms with E-state index in [1.165, 1.54) is 81.3 Å². The normalized spacial score (nSPS) is 21.0. The topological polar surface area (TPSA) is 476 Å². The van der Waals surface area contributed by atoms with Crippen LogP contribution in [0.3, 0.4) is 0 Å². The first-order valence-electron chi connectivity index (χ1n) is 32.1. The number of rotatable bonds is 15. The van der Waals surface area contributed by atoms with Gasteiger partial charge in [-0.3, -0.25) is 42.5 Å². The van der Waals surface area contributed by atoms with Crippen molar-refractivity contribution in [1.82, 2.24) is 0 Å². The Hall–Kier alpha value is -1.68. The quantitative estimate of drug-likeness (QED) is 0.0524. The summed E-state index contributed by atoms with van der Waals surface area (Å²) in [6, 6.07) is 0. The van der Waals surface area contributed by atoms with Gasteiger partial charge < -0.3 is 55.4 Å². The van der Waals surface area contributed by atoms with Crippen LogP contribution in [0.5, 0.6) is 0 Å². The van der Waals surface area contributed by atoms with Gasteiger partial charge in [-0.15, -0.1) is 12.4 Å². The molecule has 629 valence electrons. The molecular formula is C65H123BClNa2O30S9. The summed E-state index contributed by atoms with van der Waals surface area (Å²) < 4.78 is 124. The number of esters is 7. The van der Waals surface area contributed by atoms with Crippen LogP contribution in [-0.4, -0.2) is 284 Å². The van der Waals surface area contributed by atoms with Crippen LogP contribution in [0, 0.1) is 29.6 Å². The summed E-state index contributed by atoms with van der Waals surface area (Å²) in [5, 5.41) is 26.1. The van der Waals surface area contributed by atoms with Crippen LogP contribution < -0.4 is 64.2 Å². The minimum atomic E-state index is -3.52. The number of ketones is 2. The number of aliphatic hydroxyl groups excluding tert-OH is 1. The van der Waals surface area contributed by atoms with Crippen molar-refractivity contribution in [1.29, 1.82) is 0 Å². The Bertz CT molecular complexity index is 3030. The summed E-state index contributed by atoms with van der Waals surface area (Å²) in [5.74, 6) is 1.92. The molecule has 7 atom stereocenters. The Morgan fingerprint density at radius 3 is 1.47 bits per heavy atom. The third-order valence-electron chi connectivity index (χ3n) is 13.9. The van der Waals surface area contributed by atoms with Crippen molar-refractivity contribution in [3.8, 4) is 0 Å². The minimum absolute atomic E-state index is 0. The Morgan fingerprint density at radius 1 is 0.620 bits per heavy atom. The molecule has 4 N–H and O–H groups in total. The number of sulfone groups is 3. The summed E-state index contributed by atoms with van der Waals surface area (Å²) in [6.07, 6.45) is 11.9. The average Bonchev–Trinajstić information content (AvgIpc) is 0.870. The van der Waals surface area contributed by atoms with Crippen molar-refractivity contribution in [3.05, 3.63) is 23.3 Å². The molecule has 7 aliphatic heterocycles. The number of carboxylic acid groups (broad SMARTS) is 1. The summed E-state index contributed by atoms with van der Waals surface area (Å²) >= 11 is 8.15. The number of unbranched alkanes of at least 4 members (excludes halogenated alkanes) is 1. The molecule has 5 fully saturated rings. The zero-order valence-electron chi connectivity index (χ0n) is 65.1. The number of aliphatic hydroxyl groups is 1. The van der Waals surface area contributed by atoms with E-state index >= 15 is 0 Å². The van der Waals surface area contributed by atoms with E-state index in [4.69, 9.17) is 14.4 Å². The van der Waals surface area contributed by atoms with Crippen molar-refractivity contribution in [2.24, 2.45) is 29.6 Å². The molecular weight excluding hydrogens is 1640 g/mol. The van der Waals surface area contributed by atoms with Crippen LogP contribution in [0.15, 0.2) is 23.3 Å². The average molecular weight is 1770 g/mol. The van der Waals surface area contributed by atoms with Gasteiger partial charge in [-0.1, -0.05) is 67.5 Å². The Labute approximate surface area is 720 Å². The minimum Gasteiger partial charge on any atom is -1.00 e. The smallest absolute Gasteiger partial charge is 1.00 e. The van der Waals surface area contributed by atoms with E-state index in [9.17, 15) is 86.7 Å². The maximum absolute atomic E-state index is 11.4. The van der Waals surface area contributed by atoms with E-state index in [0.717, 1.165) is 54.1 Å². The number of hydrogen-bond acceptors (Lipinski definition) is 33. The fourth-order valence-corrected chi connectivity index (χ4v) is 18.9. The van der Waals surface area contributed by atoms with Gasteiger partial charge in [0, 0.05) is 61.9 Å². The number of carbonyl (C=O) groups excluding carboxylic acids is 9. The third kappa shape index (κ3) is 65.6. The van der Waals surface area contributed by atoms with Crippen LogP contribution in [0.2, 0.25) is 0 Å². The van der Waals surface area contributed by atoms with E-state index in [1.54, 1.807) is 53.1 Å². The largest absolute Gasteiger partial charge is 1.00 e. The van der Waals surface area contributed by atoms with Crippen LogP contribution in [0.1, 0.15) is 129 Å². The monoisotopic (exact) mass is 1760 g/mol. The maximum atomic E-state index is 11.4. The maximum Gasteiger partial charge on any atom is 1.00 e. The molecule has 7 heterocycles. The van der Waals surface area contributed by atoms with Crippen LogP contribution in [-0.2, 0) is 125 Å². The predicted octanol–water partition coefficient (Wildman–Crippen LogP) is -0.445. The Morgan fingerprint density at radius 2 is 1.07 bits per heavy atom. The second kappa shape index (κ2) is 76.6. The van der Waals surface area contributed by atoms with Crippen molar-refractivity contribution < 1.29 is 202 Å². The van der Waals surface area contributed by atoms with Crippen LogP contribution in [0.25, 0.3) is 0 Å². The van der Waals surface area contributed by atoms with Crippen molar-refractivity contribution in [2.45, 2.75) is 139 Å². The van der Waals surface area contributed by atoms with Gasteiger partial charge in [-0.2, -0.15) is 74.3 Å². The zero-order valence-corrected chi connectivity index (χ0v) is 76.2. The van der Waals surface area contributed by atoms with Gasteiger partial charge in [-0.05, 0) is 75.5 Å². The molecule has 7 aliphatic rings. The molecule has 7 rings (SSSR count). The van der Waals surface area contributed by atoms with E-state index < -0.39 is 99.4 Å². The fourth-order valence-electron chi connectivity index (χ4n) is 8.47. The number of methoxy groups -OCH3 is 7. The van der Waals surface area contributed by atoms with Gasteiger partial charge in [0.25, 0.3) is 10.1 Å². The summed E-state index contributed by atoms with van der Waals surface area (Å²) in [5.41, 5.74) is 1.07. The van der Waals surface area contributed by atoms with Gasteiger partial charge in [0.2, 0.25) is 0 Å². The van der Waals surface area contributed by atoms with Gasteiger partial charge in [0.15, 0.2) is 29.5 Å². The molecule has 0 aromatic rings. The van der Waals surface area contributed by atoms with Crippen LogP contribution in [0.4, 0.5) is 0 Å². The number of carboxylic acids is 1. The molecule has 108 heavy (non-hydrogen) atoms. The van der Waals surface area contributed by atoms with E-state index in [0.29, 0.717) is 86.6 Å². The number of ether oxygens (including phenoxy) is 7. The predicted molar refractivity (Wildman–Crippen MR) is 427 cm³/mol. The fraction of sp³-hybridized carbons (Fsp3) is 0.785. The van der Waals surface area contributed by atoms with Crippen molar-refractivity contribution in [2.75, 3.05) is 155 Å². The van der Waals surface area contributed by atoms with E-state index in [2.05, 4.69) is 47.0 Å². The van der Waals surface area contributed by atoms with Crippen molar-refractivity contribution in [3.63, 3.8) is 0 Å². The Balaban J connectivity index is -0.0000000868. The molecule has 0 amide bonds. The number of aliphatic carboxylic acids is 1. The van der Waals surface area contributed by atoms with Crippen molar-refractivity contribution >= 4 is 179 Å². The molecule has 0 aliphatic carbocycles. The number of hydrogen-bond donors (Lipinski definition) is 2. The molecule has 0 spiro atoms. The second-order valence-electron chi connectivity index (χ2n) is 21.8. The summed E-state index contributed by atoms with van der Waals surface area (Å²) in [4.78, 5) is 108. The molecule has 0 aromatic heterocycles. The molecule has 3 radical (unpaired) electrons. The standard InChI is InChI=1S/C8H14O5S2.C7H12O4S.C7H10O4S.C7H12O3S.C7H10O3S.C7H12O3S.C7H10O2S.C6H10O4S.C4H10.C2H6.CH3O.2CH4.B.ClH.2Na.H2O.H2.H/c1-12-8(9)6-5-14-4-3-7(6)13-15(2,10)11;2*1-11-7(8)6-3-2-4-12(9,10)5-6;2*1-10-7(9)5-4-11-3-2-6(5)8;1-6(8)5-11-4-3-7(9)10-2;1-9-7(8)6-3-2-4-10-5-6;7-6(8)5-2-1-3-11(9,10)4-5;1-3-4-2;2*1-2;;;;;;;;;/h6-7H,3-5H2,1-2H3;6H,2-5H2,1H3;3H,2,4-5H2,1H3;5-6,8H,2-4H2,1H3;5H,2-4H2,1H3;3-5H2,1-2H3;3H,2,4-5H2,1H3;5H,1-4H2,(H,7,8);3-4H2,1-2H3;1-2H3;1H3;2*1H4;;1H;;;1H2;1H;/q;;;;;;;;;;-1;;;;;2*+1;;;-1. The number of Topliss-reactive ketones (excluding diaryl/α,β-unsaturated/α-hetero) is 2. The van der Waals surface area contributed by atoms with Gasteiger partial charge in [-0.25, -0.2) is 34.8 Å². The number of halogens is 1. The molecule has 7 unspecified atom stereocenters. The van der Waals surface area contributed by atoms with Crippen LogP contribution >= 0.6 is 71.2 Å². The summed E-state index contributed by atoms with van der Waals surface area (Å²) in [6.45, 7) is 9.89. The molecule has 30 nitrogen and oxygen atoms in total. The number of carbonyl (C=O) groups is 10. The first-order chi connectivity index (χ1) is 47.5. The number of thioether (sulfide) groups is 5. The first-order valence-corrected chi connectivity index (χ1v) is 45.2. The molecule has 5 saturated heterocycles. The Kier molecular flexibility index (Phi) is 92.1.